The molecule has 1 N–H and O–H groups in total. The van der Waals surface area contributed by atoms with Gasteiger partial charge in [0.2, 0.25) is 0 Å². The number of ether oxygens (including phenoxy) is 1. The Bertz CT molecular complexity index is 322. The maximum Gasteiger partial charge on any atom is 0.407 e. The predicted molar refractivity (Wildman–Crippen MR) is 59.3 cm³/mol. The third kappa shape index (κ3) is 6.80. The van der Waals surface area contributed by atoms with Gasteiger partial charge in [0.1, 0.15) is 6.61 Å². The molecular weight excluding hydrogens is 246 g/mol. The summed E-state index contributed by atoms with van der Waals surface area (Å²) in [6.07, 6.45) is -0.516. The number of nitrogens with one attached hydrogen (secondary N) is 1. The monoisotopic (exact) mass is 258 g/mol. The maximum absolute atomic E-state index is 11.2. The Morgan fingerprint density at radius 1 is 1.35 bits per heavy atom. The van der Waals surface area contributed by atoms with Crippen LogP contribution in [0.3, 0.4) is 0 Å². The summed E-state index contributed by atoms with van der Waals surface area (Å²) >= 11 is 0.805. The van der Waals surface area contributed by atoms with E-state index in [1.54, 1.807) is 0 Å². The second-order valence-corrected chi connectivity index (χ2v) is 3.73. The third-order valence-corrected chi connectivity index (χ3v) is 2.27. The smallest absolute Gasteiger partial charge is 0.407 e. The van der Waals surface area contributed by atoms with E-state index < -0.39 is 6.09 Å². The molecule has 0 atom stereocenters. The van der Waals surface area contributed by atoms with Crippen LogP contribution in [0.2, 0.25) is 0 Å². The Balaban J connectivity index is 2.05. The van der Waals surface area contributed by atoms with Crippen molar-refractivity contribution in [1.82, 2.24) is 5.32 Å². The lowest BCUT2D eigenvalue weighted by atomic mass is 10.2. The standard InChI is InChI=1S/C10H13NO5S/c12-10(11-6-7-17-16-15-13)14-8-9-4-2-1-3-5-9/h1-5,13H,6-8H2,(H,11,12)/p-1. The van der Waals surface area contributed by atoms with E-state index in [2.05, 4.69) is 14.7 Å². The number of amides is 1. The van der Waals surface area contributed by atoms with E-state index >= 15 is 0 Å². The van der Waals surface area contributed by atoms with Crippen LogP contribution < -0.4 is 10.6 Å². The first-order valence-corrected chi connectivity index (χ1v) is 5.76. The molecule has 0 radical (unpaired) electrons. The number of alkyl carbamates (subject to hydrolysis) is 1. The Morgan fingerprint density at radius 3 is 2.82 bits per heavy atom. The van der Waals surface area contributed by atoms with Gasteiger partial charge in [-0.15, -0.1) is 0 Å². The molecule has 0 aliphatic carbocycles. The van der Waals surface area contributed by atoms with Crippen molar-refractivity contribution in [2.45, 2.75) is 6.61 Å². The summed E-state index contributed by atoms with van der Waals surface area (Å²) in [6, 6.07) is 9.35. The zero-order valence-corrected chi connectivity index (χ0v) is 9.77. The third-order valence-electron chi connectivity index (χ3n) is 1.74. The van der Waals surface area contributed by atoms with Crippen LogP contribution in [-0.4, -0.2) is 18.4 Å². The van der Waals surface area contributed by atoms with E-state index in [9.17, 15) is 10.1 Å². The Morgan fingerprint density at radius 2 is 2.12 bits per heavy atom. The van der Waals surface area contributed by atoms with E-state index in [-0.39, 0.29) is 6.61 Å². The number of carbonyl (C=O) groups is 1. The number of hydrogen-bond donors (Lipinski definition) is 1. The topological polar surface area (TPSA) is 79.9 Å². The van der Waals surface area contributed by atoms with Crippen LogP contribution in [0, 0.1) is 0 Å². The molecule has 0 bridgehead atoms. The van der Waals surface area contributed by atoms with E-state index in [1.165, 1.54) is 0 Å². The van der Waals surface area contributed by atoms with Crippen LogP contribution in [0.15, 0.2) is 30.3 Å². The molecule has 7 heteroatoms. The van der Waals surface area contributed by atoms with Gasteiger partial charge in [-0.25, -0.2) is 4.79 Å². The van der Waals surface area contributed by atoms with Crippen LogP contribution in [0.1, 0.15) is 5.56 Å². The minimum Gasteiger partial charge on any atom is -0.691 e. The van der Waals surface area contributed by atoms with Crippen molar-refractivity contribution < 1.29 is 24.2 Å². The van der Waals surface area contributed by atoms with Gasteiger partial charge >= 0.3 is 6.09 Å². The SMILES string of the molecule is O=C(NCCSOO[O-])OCc1ccccc1. The molecule has 6 nitrogen and oxygen atoms in total. The van der Waals surface area contributed by atoms with E-state index in [0.717, 1.165) is 17.6 Å². The zero-order chi connectivity index (χ0) is 12.3. The van der Waals surface area contributed by atoms with Crippen LogP contribution >= 0.6 is 12.0 Å². The van der Waals surface area contributed by atoms with E-state index in [0.29, 0.717) is 12.3 Å². The average molecular weight is 258 g/mol. The molecule has 94 valence electrons. The minimum atomic E-state index is -0.516. The maximum atomic E-state index is 11.2. The van der Waals surface area contributed by atoms with Crippen molar-refractivity contribution in [3.8, 4) is 0 Å². The Hall–Kier alpha value is -1.28. The van der Waals surface area contributed by atoms with Crippen molar-refractivity contribution in [2.75, 3.05) is 12.3 Å². The number of hydrogen-bond acceptors (Lipinski definition) is 6. The number of rotatable bonds is 7. The lowest BCUT2D eigenvalue weighted by molar-refractivity contribution is -0.777. The van der Waals surface area contributed by atoms with Gasteiger partial charge < -0.3 is 15.3 Å². The highest BCUT2D eigenvalue weighted by molar-refractivity contribution is 7.94. The largest absolute Gasteiger partial charge is 0.691 e. The van der Waals surface area contributed by atoms with Gasteiger partial charge in [0.15, 0.2) is 0 Å². The summed E-state index contributed by atoms with van der Waals surface area (Å²) < 4.78 is 8.96. The van der Waals surface area contributed by atoms with Gasteiger partial charge in [0, 0.05) is 24.3 Å². The summed E-state index contributed by atoms with van der Waals surface area (Å²) in [7, 11) is 0. The molecule has 0 saturated heterocycles. The van der Waals surface area contributed by atoms with Crippen LogP contribution in [0.4, 0.5) is 4.79 Å². The molecule has 17 heavy (non-hydrogen) atoms. The number of benzene rings is 1. The molecule has 0 fully saturated rings. The lowest BCUT2D eigenvalue weighted by Gasteiger charge is -2.07. The highest BCUT2D eigenvalue weighted by Crippen LogP contribution is 2.01. The summed E-state index contributed by atoms with van der Waals surface area (Å²) in [5.74, 6) is 0.392. The Labute approximate surface area is 103 Å². The molecule has 0 aliphatic rings. The van der Waals surface area contributed by atoms with Crippen molar-refractivity contribution in [1.29, 1.82) is 0 Å². The van der Waals surface area contributed by atoms with Gasteiger partial charge in [-0.3, -0.25) is 5.04 Å². The fourth-order valence-electron chi connectivity index (χ4n) is 1.02. The van der Waals surface area contributed by atoms with E-state index in [4.69, 9.17) is 4.74 Å². The highest BCUT2D eigenvalue weighted by Gasteiger charge is 2.01. The Kier molecular flexibility index (Phi) is 7.15. The van der Waals surface area contributed by atoms with Gasteiger partial charge in [-0.05, 0) is 5.56 Å². The van der Waals surface area contributed by atoms with Gasteiger partial charge in [-0.2, -0.15) is 4.33 Å². The summed E-state index contributed by atoms with van der Waals surface area (Å²) in [6.45, 7) is 0.543. The molecule has 1 aromatic carbocycles. The van der Waals surface area contributed by atoms with Crippen LogP contribution in [-0.2, 0) is 20.7 Å². The molecule has 0 heterocycles. The molecule has 0 aliphatic heterocycles. The molecule has 0 saturated carbocycles. The molecule has 0 spiro atoms. The second-order valence-electron chi connectivity index (χ2n) is 2.95. The van der Waals surface area contributed by atoms with Gasteiger partial charge in [-0.1, -0.05) is 30.3 Å². The average Bonchev–Trinajstić information content (AvgIpc) is 2.37. The fourth-order valence-corrected chi connectivity index (χ4v) is 1.32. The lowest BCUT2D eigenvalue weighted by Crippen LogP contribution is -2.26. The normalized spacial score (nSPS) is 9.94. The first-order chi connectivity index (χ1) is 8.33. The van der Waals surface area contributed by atoms with E-state index in [1.807, 2.05) is 30.3 Å². The molecule has 1 rings (SSSR count). The first-order valence-electron chi connectivity index (χ1n) is 4.85. The van der Waals surface area contributed by atoms with Crippen molar-refractivity contribution >= 4 is 18.1 Å². The second kappa shape index (κ2) is 8.82. The van der Waals surface area contributed by atoms with Gasteiger partial charge in [0.05, 0.1) is 0 Å². The zero-order valence-electron chi connectivity index (χ0n) is 8.96. The van der Waals surface area contributed by atoms with Gasteiger partial charge in [0.25, 0.3) is 0 Å². The van der Waals surface area contributed by atoms with Crippen LogP contribution in [0.5, 0.6) is 0 Å². The summed E-state index contributed by atoms with van der Waals surface area (Å²) in [4.78, 5) is 11.2. The highest BCUT2D eigenvalue weighted by atomic mass is 32.2. The first kappa shape index (κ1) is 13.8. The summed E-state index contributed by atoms with van der Waals surface area (Å²) in [5.41, 5.74) is 0.917. The molecule has 1 amide bonds. The molecule has 1 aromatic rings. The molecular formula is C10H12NO5S-. The molecule has 0 aromatic heterocycles. The van der Waals surface area contributed by atoms with Crippen LogP contribution in [0.25, 0.3) is 0 Å². The van der Waals surface area contributed by atoms with Crippen molar-refractivity contribution in [3.63, 3.8) is 0 Å². The fraction of sp³-hybridized carbons (Fsp3) is 0.300. The summed E-state index contributed by atoms with van der Waals surface area (Å²) in [5, 5.41) is 15.0. The number of carbonyl (C=O) groups excluding carboxylic acids is 1. The molecule has 0 unspecified atom stereocenters. The van der Waals surface area contributed by atoms with Crippen molar-refractivity contribution in [3.05, 3.63) is 35.9 Å². The van der Waals surface area contributed by atoms with Crippen molar-refractivity contribution in [2.24, 2.45) is 0 Å². The quantitative estimate of drug-likeness (QED) is 0.337. The predicted octanol–water partition coefficient (Wildman–Crippen LogP) is 0.784. The minimum absolute atomic E-state index is 0.222.